The number of aliphatic hydroxyl groups is 1. The van der Waals surface area contributed by atoms with Gasteiger partial charge in [0.1, 0.15) is 5.82 Å². The van der Waals surface area contributed by atoms with E-state index in [9.17, 15) is 18.3 Å². The van der Waals surface area contributed by atoms with E-state index in [0.29, 0.717) is 29.0 Å². The van der Waals surface area contributed by atoms with Gasteiger partial charge in [0.25, 0.3) is 5.91 Å². The number of benzene rings is 1. The Kier molecular flexibility index (Phi) is 8.56. The summed E-state index contributed by atoms with van der Waals surface area (Å²) in [6.45, 7) is 8.39. The van der Waals surface area contributed by atoms with Gasteiger partial charge in [-0.25, -0.2) is 18.4 Å². The first-order valence-electron chi connectivity index (χ1n) is 14.2. The van der Waals surface area contributed by atoms with Crippen LogP contribution in [0.5, 0.6) is 0 Å². The number of hydrogen-bond acceptors (Lipinski definition) is 8. The van der Waals surface area contributed by atoms with Gasteiger partial charge in [-0.15, -0.1) is 0 Å². The SMILES string of the molecule is Cc1ccc(C(=O)NCc2cc3nc(-c4cccc(N5C[C@@H](C)C(CCO)[C@@H](C)C5)n4)ccc3cn2)cc1S(C)(=O)=O. The van der Waals surface area contributed by atoms with Crippen molar-refractivity contribution in [1.82, 2.24) is 20.3 Å². The minimum absolute atomic E-state index is 0.142. The summed E-state index contributed by atoms with van der Waals surface area (Å²) in [5.41, 5.74) is 3.76. The molecule has 0 bridgehead atoms. The van der Waals surface area contributed by atoms with Gasteiger partial charge in [-0.3, -0.25) is 9.78 Å². The second-order valence-electron chi connectivity index (χ2n) is 11.4. The summed E-state index contributed by atoms with van der Waals surface area (Å²) in [6.07, 6.45) is 3.69. The predicted molar refractivity (Wildman–Crippen MR) is 164 cm³/mol. The van der Waals surface area contributed by atoms with Crippen molar-refractivity contribution in [2.24, 2.45) is 17.8 Å². The van der Waals surface area contributed by atoms with E-state index >= 15 is 0 Å². The fraction of sp³-hybridized carbons (Fsp3) is 0.375. The molecule has 0 radical (unpaired) electrons. The van der Waals surface area contributed by atoms with E-state index < -0.39 is 9.84 Å². The van der Waals surface area contributed by atoms with Gasteiger partial charge < -0.3 is 15.3 Å². The van der Waals surface area contributed by atoms with E-state index in [2.05, 4.69) is 29.0 Å². The van der Waals surface area contributed by atoms with E-state index in [-0.39, 0.29) is 29.5 Å². The van der Waals surface area contributed by atoms with Crippen molar-refractivity contribution in [1.29, 1.82) is 0 Å². The number of fused-ring (bicyclic) bond motifs is 1. The summed E-state index contributed by atoms with van der Waals surface area (Å²) >= 11 is 0. The highest BCUT2D eigenvalue weighted by molar-refractivity contribution is 7.90. The zero-order valence-electron chi connectivity index (χ0n) is 24.4. The Morgan fingerprint density at radius 1 is 1.02 bits per heavy atom. The first-order chi connectivity index (χ1) is 20.0. The number of rotatable bonds is 8. The summed E-state index contributed by atoms with van der Waals surface area (Å²) < 4.78 is 24.1. The van der Waals surface area contributed by atoms with E-state index in [1.165, 1.54) is 6.07 Å². The van der Waals surface area contributed by atoms with Gasteiger partial charge >= 0.3 is 0 Å². The standard InChI is InChI=1S/C32H37N5O4S/c1-20-8-9-23(14-30(20)42(4,40)41)32(39)34-17-25-15-29-24(16-33-25)10-11-28(35-29)27-6-5-7-31(36-27)37-18-21(2)26(12-13-38)22(3)19-37/h5-11,14-16,21-22,26,38H,12-13,17-19H2,1-4H3,(H,34,39)/t21-,22+,26?. The summed E-state index contributed by atoms with van der Waals surface area (Å²) in [7, 11) is -3.44. The second-order valence-corrected chi connectivity index (χ2v) is 13.4. The van der Waals surface area contributed by atoms with Crippen LogP contribution >= 0.6 is 0 Å². The van der Waals surface area contributed by atoms with Crippen LogP contribution in [0.4, 0.5) is 5.82 Å². The maximum Gasteiger partial charge on any atom is 0.251 e. The lowest BCUT2D eigenvalue weighted by Gasteiger charge is -2.42. The number of hydrogen-bond donors (Lipinski definition) is 2. The Bertz CT molecular complexity index is 1710. The minimum atomic E-state index is -3.44. The van der Waals surface area contributed by atoms with Crippen molar-refractivity contribution in [3.05, 3.63) is 77.6 Å². The molecule has 1 saturated heterocycles. The second kappa shape index (κ2) is 12.1. The lowest BCUT2D eigenvalue weighted by molar-refractivity contribution is 0.0950. The van der Waals surface area contributed by atoms with E-state index in [0.717, 1.165) is 53.9 Å². The fourth-order valence-corrected chi connectivity index (χ4v) is 6.95. The highest BCUT2D eigenvalue weighted by Crippen LogP contribution is 2.33. The van der Waals surface area contributed by atoms with Gasteiger partial charge in [0, 0.05) is 43.1 Å². The molecule has 4 heterocycles. The summed E-state index contributed by atoms with van der Waals surface area (Å²) in [4.78, 5) is 29.5. The Balaban J connectivity index is 1.32. The molecule has 1 fully saturated rings. The largest absolute Gasteiger partial charge is 0.396 e. The minimum Gasteiger partial charge on any atom is -0.396 e. The van der Waals surface area contributed by atoms with Crippen molar-refractivity contribution in [2.45, 2.75) is 38.6 Å². The number of amides is 1. The number of aromatic nitrogens is 3. The van der Waals surface area contributed by atoms with Crippen LogP contribution in [0.2, 0.25) is 0 Å². The first-order valence-corrected chi connectivity index (χ1v) is 16.1. The lowest BCUT2D eigenvalue weighted by Crippen LogP contribution is -2.45. The maximum atomic E-state index is 12.8. The molecule has 0 spiro atoms. The molecule has 9 nitrogen and oxygen atoms in total. The zero-order valence-corrected chi connectivity index (χ0v) is 25.2. The van der Waals surface area contributed by atoms with Crippen LogP contribution in [-0.4, -0.2) is 60.3 Å². The molecule has 0 aliphatic carbocycles. The van der Waals surface area contributed by atoms with Crippen LogP contribution in [0.1, 0.15) is 41.9 Å². The average molecular weight is 588 g/mol. The summed E-state index contributed by atoms with van der Waals surface area (Å²) in [5, 5.41) is 13.2. The molecule has 5 rings (SSSR count). The Hall–Kier alpha value is -3.89. The van der Waals surface area contributed by atoms with Crippen LogP contribution < -0.4 is 10.2 Å². The monoisotopic (exact) mass is 587 g/mol. The molecule has 1 aromatic carbocycles. The van der Waals surface area contributed by atoms with Crippen molar-refractivity contribution in [3.63, 3.8) is 0 Å². The van der Waals surface area contributed by atoms with E-state index in [4.69, 9.17) is 9.97 Å². The van der Waals surface area contributed by atoms with Gasteiger partial charge in [-0.2, -0.15) is 0 Å². The fourth-order valence-electron chi connectivity index (χ4n) is 5.96. The maximum absolute atomic E-state index is 12.8. The number of carbonyl (C=O) groups excluding carboxylic acids is 1. The van der Waals surface area contributed by atoms with Gasteiger partial charge in [-0.1, -0.05) is 26.0 Å². The van der Waals surface area contributed by atoms with E-state index in [1.54, 1.807) is 25.3 Å². The zero-order chi connectivity index (χ0) is 30.0. The van der Waals surface area contributed by atoms with Crippen molar-refractivity contribution < 1.29 is 18.3 Å². The highest BCUT2D eigenvalue weighted by atomic mass is 32.2. The molecule has 1 amide bonds. The molecule has 4 aromatic rings. The summed E-state index contributed by atoms with van der Waals surface area (Å²) in [5.74, 6) is 1.97. The molecule has 1 aliphatic heterocycles. The van der Waals surface area contributed by atoms with Crippen molar-refractivity contribution >= 4 is 32.5 Å². The molecular formula is C32H37N5O4S. The molecule has 3 atom stereocenters. The van der Waals surface area contributed by atoms with E-state index in [1.807, 2.05) is 36.4 Å². The molecule has 0 saturated carbocycles. The summed E-state index contributed by atoms with van der Waals surface area (Å²) in [6, 6.07) is 16.4. The topological polar surface area (TPSA) is 125 Å². The molecule has 1 aliphatic rings. The molecule has 3 aromatic heterocycles. The normalized spacial score (nSPS) is 19.2. The molecule has 1 unspecified atom stereocenters. The number of aryl methyl sites for hydroxylation is 1. The third-order valence-corrected chi connectivity index (χ3v) is 9.41. The number of carbonyl (C=O) groups is 1. The first kappa shape index (κ1) is 29.6. The van der Waals surface area contributed by atoms with Gasteiger partial charge in [0.05, 0.1) is 34.0 Å². The Morgan fingerprint density at radius 2 is 1.76 bits per heavy atom. The molecule has 42 heavy (non-hydrogen) atoms. The number of sulfone groups is 1. The molecule has 220 valence electrons. The third kappa shape index (κ3) is 6.44. The Labute approximate surface area is 247 Å². The third-order valence-electron chi connectivity index (χ3n) is 8.17. The number of aliphatic hydroxyl groups excluding tert-OH is 1. The van der Waals surface area contributed by atoms with Crippen LogP contribution in [0.15, 0.2) is 65.7 Å². The van der Waals surface area contributed by atoms with Gasteiger partial charge in [-0.05, 0) is 79.1 Å². The smallest absolute Gasteiger partial charge is 0.251 e. The number of nitrogens with zero attached hydrogens (tertiary/aromatic N) is 4. The number of nitrogens with one attached hydrogen (secondary N) is 1. The predicted octanol–water partition coefficient (Wildman–Crippen LogP) is 4.42. The Morgan fingerprint density at radius 3 is 2.48 bits per heavy atom. The van der Waals surface area contributed by atoms with Crippen LogP contribution in [0.3, 0.4) is 0 Å². The molecule has 2 N–H and O–H groups in total. The number of pyridine rings is 3. The average Bonchev–Trinajstić information content (AvgIpc) is 2.97. The van der Waals surface area contributed by atoms with Gasteiger partial charge in [0.2, 0.25) is 0 Å². The van der Waals surface area contributed by atoms with Crippen LogP contribution in [-0.2, 0) is 16.4 Å². The molecular weight excluding hydrogens is 550 g/mol. The van der Waals surface area contributed by atoms with Crippen molar-refractivity contribution in [2.75, 3.05) is 30.9 Å². The van der Waals surface area contributed by atoms with Crippen LogP contribution in [0, 0.1) is 24.7 Å². The number of anilines is 1. The highest BCUT2D eigenvalue weighted by Gasteiger charge is 2.32. The van der Waals surface area contributed by atoms with Crippen molar-refractivity contribution in [3.8, 4) is 11.4 Å². The molecule has 10 heteroatoms. The lowest BCUT2D eigenvalue weighted by atomic mass is 9.77. The number of piperidine rings is 1. The van der Waals surface area contributed by atoms with Gasteiger partial charge in [0.15, 0.2) is 9.84 Å². The van der Waals surface area contributed by atoms with Crippen LogP contribution in [0.25, 0.3) is 22.3 Å². The quantitative estimate of drug-likeness (QED) is 0.310.